The molecule has 1 saturated heterocycles. The molecule has 1 rings (SSSR count). The zero-order valence-corrected chi connectivity index (χ0v) is 14.9. The van der Waals surface area contributed by atoms with Gasteiger partial charge in [-0.25, -0.2) is 0 Å². The quantitative estimate of drug-likeness (QED) is 0.377. The predicted octanol–water partition coefficient (Wildman–Crippen LogP) is 0.935. The van der Waals surface area contributed by atoms with Crippen LogP contribution in [0.5, 0.6) is 0 Å². The second kappa shape index (κ2) is 10.0. The van der Waals surface area contributed by atoms with Crippen molar-refractivity contribution in [3.8, 4) is 0 Å². The number of likely N-dealkylation sites (N-methyl/N-ethyl adjacent to an activating group) is 1. The fraction of sp³-hybridized carbons (Fsp3) is 0.938. The maximum atomic E-state index is 5.69. The van der Waals surface area contributed by atoms with E-state index in [2.05, 4.69) is 48.5 Å². The number of hydrogen-bond acceptors (Lipinski definition) is 4. The summed E-state index contributed by atoms with van der Waals surface area (Å²) in [6.45, 7) is 9.47. The minimum Gasteiger partial charge on any atom is -0.381 e. The van der Waals surface area contributed by atoms with Crippen molar-refractivity contribution in [1.29, 1.82) is 0 Å². The molecule has 0 bridgehead atoms. The van der Waals surface area contributed by atoms with Gasteiger partial charge in [0.05, 0.1) is 13.2 Å². The van der Waals surface area contributed by atoms with E-state index in [0.29, 0.717) is 5.92 Å². The Morgan fingerprint density at radius 1 is 1.36 bits per heavy atom. The van der Waals surface area contributed by atoms with E-state index in [0.717, 1.165) is 58.3 Å². The van der Waals surface area contributed by atoms with Crippen molar-refractivity contribution in [2.45, 2.75) is 32.2 Å². The second-order valence-corrected chi connectivity index (χ2v) is 6.72. The Labute approximate surface area is 135 Å². The summed E-state index contributed by atoms with van der Waals surface area (Å²) in [5.74, 6) is 1.44. The summed E-state index contributed by atoms with van der Waals surface area (Å²) < 4.78 is 11.0. The second-order valence-electron chi connectivity index (χ2n) is 6.72. The van der Waals surface area contributed by atoms with E-state index in [-0.39, 0.29) is 5.54 Å². The molecule has 6 heteroatoms. The third kappa shape index (κ3) is 7.42. The van der Waals surface area contributed by atoms with Crippen LogP contribution in [-0.2, 0) is 9.47 Å². The number of nitrogens with zero attached hydrogens (tertiary/aromatic N) is 2. The van der Waals surface area contributed by atoms with Gasteiger partial charge in [-0.3, -0.25) is 4.99 Å². The molecule has 6 nitrogen and oxygen atoms in total. The van der Waals surface area contributed by atoms with Gasteiger partial charge in [0.2, 0.25) is 0 Å². The van der Waals surface area contributed by atoms with E-state index in [1.54, 1.807) is 7.05 Å². The lowest BCUT2D eigenvalue weighted by Crippen LogP contribution is -2.51. The molecular formula is C16H34N4O2. The first-order chi connectivity index (χ1) is 10.5. The van der Waals surface area contributed by atoms with E-state index < -0.39 is 0 Å². The van der Waals surface area contributed by atoms with E-state index in [1.807, 2.05) is 0 Å². The fourth-order valence-electron chi connectivity index (χ4n) is 2.02. The zero-order valence-electron chi connectivity index (χ0n) is 14.9. The molecule has 0 aromatic rings. The molecule has 0 amide bonds. The molecule has 0 aromatic carbocycles. The van der Waals surface area contributed by atoms with Crippen LogP contribution in [0.25, 0.3) is 0 Å². The molecule has 0 aliphatic carbocycles. The molecule has 130 valence electrons. The van der Waals surface area contributed by atoms with Crippen molar-refractivity contribution in [2.24, 2.45) is 10.9 Å². The van der Waals surface area contributed by atoms with Gasteiger partial charge < -0.3 is 25.0 Å². The lowest BCUT2D eigenvalue weighted by molar-refractivity contribution is 0.0888. The molecule has 0 spiro atoms. The van der Waals surface area contributed by atoms with Crippen LogP contribution in [0.3, 0.4) is 0 Å². The van der Waals surface area contributed by atoms with Crippen LogP contribution in [0.15, 0.2) is 4.99 Å². The van der Waals surface area contributed by atoms with Crippen LogP contribution in [0.1, 0.15) is 26.7 Å². The summed E-state index contributed by atoms with van der Waals surface area (Å²) in [5, 5.41) is 6.69. The van der Waals surface area contributed by atoms with Crippen molar-refractivity contribution in [1.82, 2.24) is 15.5 Å². The van der Waals surface area contributed by atoms with E-state index in [9.17, 15) is 0 Å². The summed E-state index contributed by atoms with van der Waals surface area (Å²) in [7, 11) is 5.98. The molecule has 0 saturated carbocycles. The third-order valence-electron chi connectivity index (χ3n) is 4.26. The van der Waals surface area contributed by atoms with Crippen molar-refractivity contribution < 1.29 is 9.47 Å². The van der Waals surface area contributed by atoms with E-state index in [4.69, 9.17) is 9.47 Å². The minimum atomic E-state index is 0.0874. The van der Waals surface area contributed by atoms with Crippen LogP contribution in [-0.4, -0.2) is 77.1 Å². The molecular weight excluding hydrogens is 280 g/mol. The molecule has 1 atom stereocenters. The van der Waals surface area contributed by atoms with Crippen molar-refractivity contribution >= 4 is 5.96 Å². The monoisotopic (exact) mass is 314 g/mol. The van der Waals surface area contributed by atoms with Crippen LogP contribution < -0.4 is 10.6 Å². The summed E-state index contributed by atoms with van der Waals surface area (Å²) in [6.07, 6.45) is 2.11. The Kier molecular flexibility index (Phi) is 8.75. The lowest BCUT2D eigenvalue weighted by Gasteiger charge is -2.33. The number of ether oxygens (including phenoxy) is 2. The van der Waals surface area contributed by atoms with Crippen molar-refractivity contribution in [2.75, 3.05) is 60.7 Å². The topological polar surface area (TPSA) is 58.1 Å². The normalized spacial score (nSPS) is 19.7. The van der Waals surface area contributed by atoms with Gasteiger partial charge in [0.25, 0.3) is 0 Å². The number of rotatable bonds is 9. The molecule has 1 aliphatic heterocycles. The summed E-state index contributed by atoms with van der Waals surface area (Å²) in [4.78, 5) is 6.45. The lowest BCUT2D eigenvalue weighted by atomic mass is 10.0. The zero-order chi connectivity index (χ0) is 16.4. The molecule has 1 fully saturated rings. The Hall–Kier alpha value is -0.850. The Bertz CT molecular complexity index is 326. The standard InChI is InChI=1S/C16H34N4O2/c1-16(2,20(4)5)13-19-15(17-3)18-8-6-9-21-11-14-7-10-22-12-14/h14H,6-13H2,1-5H3,(H2,17,18,19). The highest BCUT2D eigenvalue weighted by atomic mass is 16.5. The first-order valence-corrected chi connectivity index (χ1v) is 8.23. The van der Waals surface area contributed by atoms with Gasteiger partial charge in [0.1, 0.15) is 0 Å². The van der Waals surface area contributed by atoms with E-state index >= 15 is 0 Å². The molecule has 2 N–H and O–H groups in total. The highest BCUT2D eigenvalue weighted by Gasteiger charge is 2.20. The molecule has 1 heterocycles. The van der Waals surface area contributed by atoms with Crippen molar-refractivity contribution in [3.63, 3.8) is 0 Å². The van der Waals surface area contributed by atoms with Crippen LogP contribution in [0.4, 0.5) is 0 Å². The fourth-order valence-corrected chi connectivity index (χ4v) is 2.02. The average molecular weight is 314 g/mol. The Balaban J connectivity index is 2.06. The minimum absolute atomic E-state index is 0.0874. The van der Waals surface area contributed by atoms with Gasteiger partial charge in [0, 0.05) is 44.8 Å². The predicted molar refractivity (Wildman–Crippen MR) is 91.5 cm³/mol. The summed E-state index contributed by atoms with van der Waals surface area (Å²) in [5.41, 5.74) is 0.0874. The smallest absolute Gasteiger partial charge is 0.191 e. The van der Waals surface area contributed by atoms with Gasteiger partial charge in [-0.15, -0.1) is 0 Å². The summed E-state index contributed by atoms with van der Waals surface area (Å²) >= 11 is 0. The van der Waals surface area contributed by atoms with Crippen molar-refractivity contribution in [3.05, 3.63) is 0 Å². The molecule has 22 heavy (non-hydrogen) atoms. The number of hydrogen-bond donors (Lipinski definition) is 2. The van der Waals surface area contributed by atoms with Gasteiger partial charge in [-0.1, -0.05) is 0 Å². The number of guanidine groups is 1. The first-order valence-electron chi connectivity index (χ1n) is 8.23. The number of nitrogens with one attached hydrogen (secondary N) is 2. The van der Waals surface area contributed by atoms with Gasteiger partial charge in [-0.05, 0) is 40.8 Å². The highest BCUT2D eigenvalue weighted by Crippen LogP contribution is 2.12. The first kappa shape index (κ1) is 19.2. The van der Waals surface area contributed by atoms with Crippen LogP contribution in [0, 0.1) is 5.92 Å². The van der Waals surface area contributed by atoms with E-state index in [1.165, 1.54) is 0 Å². The maximum Gasteiger partial charge on any atom is 0.191 e. The molecule has 0 aromatic heterocycles. The molecule has 0 radical (unpaired) electrons. The Morgan fingerprint density at radius 2 is 2.14 bits per heavy atom. The highest BCUT2D eigenvalue weighted by molar-refractivity contribution is 5.79. The molecule has 1 aliphatic rings. The van der Waals surface area contributed by atoms with Crippen LogP contribution in [0.2, 0.25) is 0 Å². The largest absolute Gasteiger partial charge is 0.381 e. The molecule has 1 unspecified atom stereocenters. The Morgan fingerprint density at radius 3 is 2.73 bits per heavy atom. The van der Waals surface area contributed by atoms with Gasteiger partial charge in [0.15, 0.2) is 5.96 Å². The average Bonchev–Trinajstić information content (AvgIpc) is 2.98. The van der Waals surface area contributed by atoms with Gasteiger partial charge in [-0.2, -0.15) is 0 Å². The van der Waals surface area contributed by atoms with Crippen LogP contribution >= 0.6 is 0 Å². The SMILES string of the molecule is CN=C(NCCCOCC1CCOC1)NCC(C)(C)N(C)C. The summed E-state index contributed by atoms with van der Waals surface area (Å²) in [6, 6.07) is 0. The number of aliphatic imine (C=N–C) groups is 1. The maximum absolute atomic E-state index is 5.69. The third-order valence-corrected chi connectivity index (χ3v) is 4.26. The van der Waals surface area contributed by atoms with Gasteiger partial charge >= 0.3 is 0 Å².